The van der Waals surface area contributed by atoms with Crippen LogP contribution in [0.2, 0.25) is 5.02 Å². The third-order valence-corrected chi connectivity index (χ3v) is 4.85. The van der Waals surface area contributed by atoms with Gasteiger partial charge in [0.1, 0.15) is 12.1 Å². The second-order valence-corrected chi connectivity index (χ2v) is 7.36. The Morgan fingerprint density at radius 1 is 1.23 bits per heavy atom. The molecule has 0 saturated carbocycles. The molecular weight excluding hydrogens is 422 g/mol. The molecule has 1 fully saturated rings. The molecule has 1 aliphatic rings. The van der Waals surface area contributed by atoms with E-state index in [1.165, 1.54) is 0 Å². The van der Waals surface area contributed by atoms with Crippen molar-refractivity contribution in [2.75, 3.05) is 11.9 Å². The van der Waals surface area contributed by atoms with E-state index < -0.39 is 23.4 Å². The van der Waals surface area contributed by atoms with E-state index in [1.807, 2.05) is 6.07 Å². The van der Waals surface area contributed by atoms with E-state index in [2.05, 4.69) is 26.6 Å². The van der Waals surface area contributed by atoms with Crippen LogP contribution in [0, 0.1) is 0 Å². The van der Waals surface area contributed by atoms with E-state index >= 15 is 0 Å². The van der Waals surface area contributed by atoms with Gasteiger partial charge < -0.3 is 10.6 Å². The predicted molar refractivity (Wildman–Crippen MR) is 102 cm³/mol. The number of amides is 4. The number of carbonyl (C=O) groups excluding carboxylic acids is 3. The summed E-state index contributed by atoms with van der Waals surface area (Å²) in [7, 11) is 0. The van der Waals surface area contributed by atoms with Gasteiger partial charge in [-0.15, -0.1) is 0 Å². The molecular formula is C18H15BrClN3O3. The maximum Gasteiger partial charge on any atom is 0.325 e. The lowest BCUT2D eigenvalue weighted by Gasteiger charge is -2.22. The summed E-state index contributed by atoms with van der Waals surface area (Å²) in [5.41, 5.74) is -0.0791. The average Bonchev–Trinajstić information content (AvgIpc) is 2.79. The maximum atomic E-state index is 12.8. The van der Waals surface area contributed by atoms with Crippen molar-refractivity contribution < 1.29 is 14.4 Å². The maximum absolute atomic E-state index is 12.8. The zero-order valence-corrected chi connectivity index (χ0v) is 16.1. The minimum Gasteiger partial charge on any atom is -0.324 e. The van der Waals surface area contributed by atoms with E-state index in [4.69, 9.17) is 11.6 Å². The first-order valence-electron chi connectivity index (χ1n) is 7.75. The fourth-order valence-electron chi connectivity index (χ4n) is 2.73. The van der Waals surface area contributed by atoms with Crippen LogP contribution in [-0.4, -0.2) is 29.3 Å². The molecule has 6 nitrogen and oxygen atoms in total. The van der Waals surface area contributed by atoms with Crippen molar-refractivity contribution in [3.63, 3.8) is 0 Å². The molecule has 0 spiro atoms. The lowest BCUT2D eigenvalue weighted by molar-refractivity contribution is -0.133. The summed E-state index contributed by atoms with van der Waals surface area (Å²) >= 11 is 9.19. The molecule has 3 rings (SSSR count). The number of nitrogens with one attached hydrogen (secondary N) is 2. The second-order valence-electron chi connectivity index (χ2n) is 6.01. The number of nitrogens with zero attached hydrogens (tertiary/aromatic N) is 1. The molecule has 1 atom stereocenters. The Kier molecular flexibility index (Phi) is 5.02. The predicted octanol–water partition coefficient (Wildman–Crippen LogP) is 3.51. The van der Waals surface area contributed by atoms with Crippen molar-refractivity contribution in [3.8, 4) is 0 Å². The topological polar surface area (TPSA) is 78.5 Å². The molecule has 26 heavy (non-hydrogen) atoms. The Hall–Kier alpha value is -2.38. The molecule has 2 aromatic rings. The van der Waals surface area contributed by atoms with Crippen LogP contribution in [0.15, 0.2) is 53.0 Å². The minimum absolute atomic E-state index is 0.375. The highest BCUT2D eigenvalue weighted by atomic mass is 79.9. The molecule has 0 aromatic heterocycles. The number of urea groups is 1. The number of rotatable bonds is 4. The van der Waals surface area contributed by atoms with Crippen LogP contribution >= 0.6 is 27.5 Å². The molecule has 0 aliphatic carbocycles. The molecule has 0 bridgehead atoms. The van der Waals surface area contributed by atoms with Crippen molar-refractivity contribution in [1.29, 1.82) is 0 Å². The Morgan fingerprint density at radius 2 is 1.92 bits per heavy atom. The van der Waals surface area contributed by atoms with Crippen molar-refractivity contribution in [1.82, 2.24) is 10.2 Å². The molecule has 1 aliphatic heterocycles. The molecule has 1 unspecified atom stereocenters. The first kappa shape index (κ1) is 18.4. The summed E-state index contributed by atoms with van der Waals surface area (Å²) in [6.45, 7) is 1.23. The van der Waals surface area contributed by atoms with Crippen LogP contribution in [0.5, 0.6) is 0 Å². The summed E-state index contributed by atoms with van der Waals surface area (Å²) in [4.78, 5) is 38.2. The minimum atomic E-state index is -1.24. The van der Waals surface area contributed by atoms with Gasteiger partial charge in [0, 0.05) is 15.2 Å². The summed E-state index contributed by atoms with van der Waals surface area (Å²) < 4.78 is 0.806. The highest BCUT2D eigenvalue weighted by Crippen LogP contribution is 2.29. The standard InChI is InChI=1S/C18H15BrClN3O3/c1-18(11-5-7-13(20)8-6-11)16(25)23(17(26)22-18)10-15(24)21-14-4-2-3-12(19)9-14/h2-9H,10H2,1H3,(H,21,24)(H,22,26). The Balaban J connectivity index is 1.74. The summed E-state index contributed by atoms with van der Waals surface area (Å²) in [6.07, 6.45) is 0. The number of carbonyl (C=O) groups is 3. The first-order chi connectivity index (χ1) is 12.3. The van der Waals surface area contributed by atoms with Crippen LogP contribution < -0.4 is 10.6 Å². The van der Waals surface area contributed by atoms with Gasteiger partial charge in [0.05, 0.1) is 0 Å². The van der Waals surface area contributed by atoms with Crippen LogP contribution in [-0.2, 0) is 15.1 Å². The normalized spacial score (nSPS) is 19.4. The van der Waals surface area contributed by atoms with Crippen molar-refractivity contribution in [3.05, 3.63) is 63.6 Å². The molecule has 0 radical (unpaired) electrons. The molecule has 8 heteroatoms. The monoisotopic (exact) mass is 435 g/mol. The summed E-state index contributed by atoms with van der Waals surface area (Å²) in [6, 6.07) is 13.0. The molecule has 2 N–H and O–H groups in total. The van der Waals surface area contributed by atoms with Gasteiger partial charge in [0.25, 0.3) is 5.91 Å². The molecule has 1 heterocycles. The fraction of sp³-hybridized carbons (Fsp3) is 0.167. The van der Waals surface area contributed by atoms with Gasteiger partial charge in [-0.3, -0.25) is 14.5 Å². The molecule has 134 valence electrons. The van der Waals surface area contributed by atoms with E-state index in [0.29, 0.717) is 16.3 Å². The Labute approximate surface area is 163 Å². The fourth-order valence-corrected chi connectivity index (χ4v) is 3.26. The van der Waals surface area contributed by atoms with E-state index in [-0.39, 0.29) is 6.54 Å². The number of benzene rings is 2. The lowest BCUT2D eigenvalue weighted by atomic mass is 9.92. The summed E-state index contributed by atoms with van der Waals surface area (Å²) in [5, 5.41) is 5.84. The quantitative estimate of drug-likeness (QED) is 0.720. The SMILES string of the molecule is CC1(c2ccc(Cl)cc2)NC(=O)N(CC(=O)Nc2cccc(Br)c2)C1=O. The van der Waals surface area contributed by atoms with Gasteiger partial charge in [0.15, 0.2) is 0 Å². The van der Waals surface area contributed by atoms with Gasteiger partial charge >= 0.3 is 6.03 Å². The summed E-state index contributed by atoms with van der Waals surface area (Å²) in [5.74, 6) is -0.957. The van der Waals surface area contributed by atoms with E-state index in [1.54, 1.807) is 49.4 Å². The van der Waals surface area contributed by atoms with Gasteiger partial charge in [-0.1, -0.05) is 45.7 Å². The Morgan fingerprint density at radius 3 is 2.58 bits per heavy atom. The molecule has 4 amide bonds. The van der Waals surface area contributed by atoms with Gasteiger partial charge in [0.2, 0.25) is 5.91 Å². The number of hydrogen-bond acceptors (Lipinski definition) is 3. The number of imide groups is 1. The highest BCUT2D eigenvalue weighted by Gasteiger charge is 2.49. The molecule has 1 saturated heterocycles. The third kappa shape index (κ3) is 3.59. The lowest BCUT2D eigenvalue weighted by Crippen LogP contribution is -2.42. The molecule has 2 aromatic carbocycles. The average molecular weight is 437 g/mol. The smallest absolute Gasteiger partial charge is 0.324 e. The van der Waals surface area contributed by atoms with E-state index in [9.17, 15) is 14.4 Å². The van der Waals surface area contributed by atoms with Gasteiger partial charge in [-0.05, 0) is 42.8 Å². The highest BCUT2D eigenvalue weighted by molar-refractivity contribution is 9.10. The zero-order chi connectivity index (χ0) is 18.9. The van der Waals surface area contributed by atoms with E-state index in [0.717, 1.165) is 9.37 Å². The van der Waals surface area contributed by atoms with Crippen LogP contribution in [0.4, 0.5) is 10.5 Å². The van der Waals surface area contributed by atoms with Crippen LogP contribution in [0.3, 0.4) is 0 Å². The third-order valence-electron chi connectivity index (χ3n) is 4.11. The van der Waals surface area contributed by atoms with Crippen LogP contribution in [0.1, 0.15) is 12.5 Å². The number of halogens is 2. The first-order valence-corrected chi connectivity index (χ1v) is 8.92. The van der Waals surface area contributed by atoms with Crippen molar-refractivity contribution in [2.24, 2.45) is 0 Å². The van der Waals surface area contributed by atoms with Gasteiger partial charge in [-0.2, -0.15) is 0 Å². The zero-order valence-electron chi connectivity index (χ0n) is 13.8. The van der Waals surface area contributed by atoms with Crippen LogP contribution in [0.25, 0.3) is 0 Å². The number of hydrogen-bond donors (Lipinski definition) is 2. The van der Waals surface area contributed by atoms with Gasteiger partial charge in [-0.25, -0.2) is 4.79 Å². The van der Waals surface area contributed by atoms with Crippen molar-refractivity contribution >= 4 is 51.1 Å². The second kappa shape index (κ2) is 7.09. The van der Waals surface area contributed by atoms with Crippen molar-refractivity contribution in [2.45, 2.75) is 12.5 Å². The largest absolute Gasteiger partial charge is 0.325 e. The Bertz CT molecular complexity index is 888. The number of anilines is 1.